The van der Waals surface area contributed by atoms with E-state index in [9.17, 15) is 34.2 Å². The molecule has 0 saturated carbocycles. The van der Waals surface area contributed by atoms with Crippen LogP contribution in [0.1, 0.15) is 53.4 Å². The Kier molecular flexibility index (Phi) is 13.1. The average molecular weight is 461 g/mol. The molecule has 0 aromatic carbocycles. The maximum absolute atomic E-state index is 12.6. The first-order chi connectivity index (χ1) is 14.8. The van der Waals surface area contributed by atoms with E-state index in [1.165, 1.54) is 0 Å². The third-order valence-corrected chi connectivity index (χ3v) is 4.48. The summed E-state index contributed by atoms with van der Waals surface area (Å²) in [6.45, 7) is 6.47. The number of carboxylic acid groups (broad SMARTS) is 2. The molecule has 0 heterocycles. The maximum atomic E-state index is 12.6. The number of carbonyl (C=O) groups excluding carboxylic acids is 3. The summed E-state index contributed by atoms with van der Waals surface area (Å²) in [5.41, 5.74) is 5.76. The maximum Gasteiger partial charge on any atom is 0.326 e. The number of hydrogen-bond acceptors (Lipinski definition) is 7. The van der Waals surface area contributed by atoms with E-state index in [1.807, 2.05) is 13.8 Å². The summed E-state index contributed by atoms with van der Waals surface area (Å²) in [6, 6.07) is -4.95. The van der Waals surface area contributed by atoms with Gasteiger partial charge in [-0.2, -0.15) is 0 Å². The Hall–Kier alpha value is -2.73. The van der Waals surface area contributed by atoms with Crippen molar-refractivity contribution in [1.29, 1.82) is 0 Å². The summed E-state index contributed by atoms with van der Waals surface area (Å²) in [7, 11) is 0. The third kappa shape index (κ3) is 11.6. The lowest BCUT2D eigenvalue weighted by Gasteiger charge is -2.24. The lowest BCUT2D eigenvalue weighted by molar-refractivity contribution is -0.143. The summed E-state index contributed by atoms with van der Waals surface area (Å²) in [4.78, 5) is 59.6. The zero-order valence-corrected chi connectivity index (χ0v) is 19.0. The Morgan fingerprint density at radius 2 is 1.22 bits per heavy atom. The Bertz CT molecular complexity index is 668. The topological polar surface area (TPSA) is 208 Å². The molecule has 0 rings (SSSR count). The van der Waals surface area contributed by atoms with Crippen molar-refractivity contribution in [1.82, 2.24) is 16.0 Å². The SMILES string of the molecule is CC(C)CC(N)C(=O)NC(CO)C(=O)NC(CCC(=O)O)C(=O)NC(CC(C)C)C(=O)O. The van der Waals surface area contributed by atoms with Gasteiger partial charge in [0, 0.05) is 6.42 Å². The predicted molar refractivity (Wildman–Crippen MR) is 114 cm³/mol. The van der Waals surface area contributed by atoms with Gasteiger partial charge in [-0.1, -0.05) is 27.7 Å². The van der Waals surface area contributed by atoms with E-state index in [1.54, 1.807) is 13.8 Å². The summed E-state index contributed by atoms with van der Waals surface area (Å²) < 4.78 is 0. The highest BCUT2D eigenvalue weighted by molar-refractivity contribution is 5.94. The van der Waals surface area contributed by atoms with Crippen LogP contribution in [0.3, 0.4) is 0 Å². The molecule has 4 unspecified atom stereocenters. The second-order valence-electron chi connectivity index (χ2n) is 8.50. The van der Waals surface area contributed by atoms with Gasteiger partial charge >= 0.3 is 11.9 Å². The molecular weight excluding hydrogens is 424 g/mol. The minimum atomic E-state index is -1.42. The Morgan fingerprint density at radius 3 is 1.66 bits per heavy atom. The van der Waals surface area contributed by atoms with Crippen LogP contribution >= 0.6 is 0 Å². The molecule has 0 aromatic rings. The molecule has 0 radical (unpaired) electrons. The van der Waals surface area contributed by atoms with Crippen LogP contribution in [-0.4, -0.2) is 75.8 Å². The predicted octanol–water partition coefficient (Wildman–Crippen LogP) is -1.20. The van der Waals surface area contributed by atoms with Crippen LogP contribution in [0.4, 0.5) is 0 Å². The number of nitrogens with one attached hydrogen (secondary N) is 3. The van der Waals surface area contributed by atoms with Crippen molar-refractivity contribution in [3.63, 3.8) is 0 Å². The van der Waals surface area contributed by atoms with Crippen LogP contribution in [0.15, 0.2) is 0 Å². The number of aliphatic hydroxyl groups is 1. The third-order valence-electron chi connectivity index (χ3n) is 4.48. The fourth-order valence-electron chi connectivity index (χ4n) is 2.86. The summed E-state index contributed by atoms with van der Waals surface area (Å²) in [5, 5.41) is 34.6. The van der Waals surface area contributed by atoms with Crippen molar-refractivity contribution < 1.29 is 39.3 Å². The molecule has 0 saturated heterocycles. The molecule has 4 atom stereocenters. The van der Waals surface area contributed by atoms with Crippen molar-refractivity contribution in [2.75, 3.05) is 6.61 Å². The Morgan fingerprint density at radius 1 is 0.750 bits per heavy atom. The minimum Gasteiger partial charge on any atom is -0.481 e. The standard InChI is InChI=1S/C20H36N4O8/c1-10(2)7-12(21)17(28)24-15(9-25)19(30)22-13(5-6-16(26)27)18(29)23-14(20(31)32)8-11(3)4/h10-15,25H,5-9,21H2,1-4H3,(H,22,30)(H,23,29)(H,24,28)(H,26,27)(H,31,32). The number of hydrogen-bond donors (Lipinski definition) is 7. The van der Waals surface area contributed by atoms with Gasteiger partial charge in [0.2, 0.25) is 17.7 Å². The first-order valence-electron chi connectivity index (χ1n) is 10.5. The minimum absolute atomic E-state index is 0.0486. The van der Waals surface area contributed by atoms with E-state index in [-0.39, 0.29) is 24.7 Å². The van der Waals surface area contributed by atoms with Crippen LogP contribution in [0.2, 0.25) is 0 Å². The van der Waals surface area contributed by atoms with Gasteiger partial charge in [0.1, 0.15) is 18.1 Å². The highest BCUT2D eigenvalue weighted by Crippen LogP contribution is 2.07. The largest absolute Gasteiger partial charge is 0.481 e. The quantitative estimate of drug-likeness (QED) is 0.156. The molecule has 32 heavy (non-hydrogen) atoms. The highest BCUT2D eigenvalue weighted by Gasteiger charge is 2.30. The fraction of sp³-hybridized carbons (Fsp3) is 0.750. The monoisotopic (exact) mass is 460 g/mol. The number of nitrogens with two attached hydrogens (primary N) is 1. The van der Waals surface area contributed by atoms with E-state index < -0.39 is 66.9 Å². The summed E-state index contributed by atoms with van der Waals surface area (Å²) >= 11 is 0. The van der Waals surface area contributed by atoms with E-state index in [2.05, 4.69) is 16.0 Å². The van der Waals surface area contributed by atoms with Crippen molar-refractivity contribution in [2.24, 2.45) is 17.6 Å². The fourth-order valence-corrected chi connectivity index (χ4v) is 2.86. The normalized spacial score (nSPS) is 14.9. The molecule has 0 fully saturated rings. The van der Waals surface area contributed by atoms with Crippen molar-refractivity contribution in [3.8, 4) is 0 Å². The van der Waals surface area contributed by atoms with Gasteiger partial charge in [0.25, 0.3) is 0 Å². The first kappa shape index (κ1) is 29.3. The lowest BCUT2D eigenvalue weighted by atomic mass is 10.0. The average Bonchev–Trinajstić information content (AvgIpc) is 2.66. The molecule has 0 aliphatic carbocycles. The molecule has 0 spiro atoms. The van der Waals surface area contributed by atoms with Crippen molar-refractivity contribution >= 4 is 29.7 Å². The van der Waals surface area contributed by atoms with Gasteiger partial charge < -0.3 is 37.0 Å². The number of amides is 3. The van der Waals surface area contributed by atoms with E-state index in [0.29, 0.717) is 6.42 Å². The number of aliphatic hydroxyl groups excluding tert-OH is 1. The zero-order chi connectivity index (χ0) is 25.0. The second-order valence-corrected chi connectivity index (χ2v) is 8.50. The lowest BCUT2D eigenvalue weighted by Crippen LogP contribution is -2.58. The molecule has 0 aliphatic rings. The molecule has 12 nitrogen and oxygen atoms in total. The second kappa shape index (κ2) is 14.4. The molecular formula is C20H36N4O8. The smallest absolute Gasteiger partial charge is 0.326 e. The molecule has 0 aromatic heterocycles. The molecule has 0 bridgehead atoms. The molecule has 3 amide bonds. The van der Waals surface area contributed by atoms with E-state index >= 15 is 0 Å². The number of carboxylic acids is 2. The van der Waals surface area contributed by atoms with Crippen LogP contribution in [0.25, 0.3) is 0 Å². The number of carbonyl (C=O) groups is 5. The molecule has 0 aliphatic heterocycles. The van der Waals surface area contributed by atoms with Gasteiger partial charge in [-0.25, -0.2) is 4.79 Å². The summed E-state index contributed by atoms with van der Waals surface area (Å²) in [5.74, 6) is -4.90. The van der Waals surface area contributed by atoms with Gasteiger partial charge in [-0.05, 0) is 31.1 Å². The van der Waals surface area contributed by atoms with Crippen molar-refractivity contribution in [2.45, 2.75) is 77.5 Å². The molecule has 184 valence electrons. The molecule has 12 heteroatoms. The van der Waals surface area contributed by atoms with Crippen LogP contribution < -0.4 is 21.7 Å². The van der Waals surface area contributed by atoms with Crippen LogP contribution in [0, 0.1) is 11.8 Å². The van der Waals surface area contributed by atoms with Gasteiger partial charge in [-0.15, -0.1) is 0 Å². The zero-order valence-electron chi connectivity index (χ0n) is 19.0. The number of rotatable bonds is 15. The van der Waals surface area contributed by atoms with Crippen LogP contribution in [-0.2, 0) is 24.0 Å². The van der Waals surface area contributed by atoms with Gasteiger partial charge in [0.05, 0.1) is 12.6 Å². The Labute approximate surface area is 187 Å². The van der Waals surface area contributed by atoms with Crippen LogP contribution in [0.5, 0.6) is 0 Å². The van der Waals surface area contributed by atoms with Gasteiger partial charge in [-0.3, -0.25) is 19.2 Å². The number of aliphatic carboxylic acids is 2. The summed E-state index contributed by atoms with van der Waals surface area (Å²) in [6.07, 6.45) is -0.318. The van der Waals surface area contributed by atoms with Gasteiger partial charge in [0.15, 0.2) is 0 Å². The Balaban J connectivity index is 5.33. The highest BCUT2D eigenvalue weighted by atomic mass is 16.4. The van der Waals surface area contributed by atoms with E-state index in [0.717, 1.165) is 0 Å². The van der Waals surface area contributed by atoms with Crippen molar-refractivity contribution in [3.05, 3.63) is 0 Å². The van der Waals surface area contributed by atoms with E-state index in [4.69, 9.17) is 10.8 Å². The molecule has 8 N–H and O–H groups in total. The first-order valence-corrected chi connectivity index (χ1v) is 10.5.